The smallest absolute Gasteiger partial charge is 0.155 e. The van der Waals surface area contributed by atoms with Gasteiger partial charge in [0.05, 0.1) is 34.7 Å². The van der Waals surface area contributed by atoms with Gasteiger partial charge >= 0.3 is 0 Å². The Hall–Kier alpha value is -2.10. The second kappa shape index (κ2) is 22.2. The zero-order valence-corrected chi connectivity index (χ0v) is 34.8. The molecule has 0 radical (unpaired) electrons. The van der Waals surface area contributed by atoms with Crippen molar-refractivity contribution in [3.8, 4) is 11.5 Å². The van der Waals surface area contributed by atoms with Crippen molar-refractivity contribution in [2.24, 2.45) is 0 Å². The number of aryl methyl sites for hydroxylation is 2. The third-order valence-electron chi connectivity index (χ3n) is 9.17. The summed E-state index contributed by atoms with van der Waals surface area (Å²) in [5, 5.41) is -0.249. The van der Waals surface area contributed by atoms with Crippen LogP contribution in [0.25, 0.3) is 0 Å². The van der Waals surface area contributed by atoms with Crippen LogP contribution in [0.15, 0.2) is 48.5 Å². The van der Waals surface area contributed by atoms with Crippen LogP contribution < -0.4 is 9.47 Å². The Morgan fingerprint density at radius 2 is 1.06 bits per heavy atom. The van der Waals surface area contributed by atoms with Gasteiger partial charge in [-0.25, -0.2) is 16.8 Å². The normalized spacial score (nSPS) is 14.6. The molecule has 51 heavy (non-hydrogen) atoms. The number of hydrogen-bond donors (Lipinski definition) is 0. The van der Waals surface area contributed by atoms with Crippen molar-refractivity contribution in [1.29, 1.82) is 0 Å². The highest BCUT2D eigenvalue weighted by Gasteiger charge is 2.28. The van der Waals surface area contributed by atoms with E-state index in [0.29, 0.717) is 11.5 Å². The number of rotatable bonds is 20. The van der Waals surface area contributed by atoms with E-state index in [-0.39, 0.29) is 17.0 Å². The zero-order valence-electron chi connectivity index (χ0n) is 33.2. The van der Waals surface area contributed by atoms with E-state index in [4.69, 9.17) is 14.2 Å². The molecule has 2 aromatic carbocycles. The minimum atomic E-state index is -2.96. The van der Waals surface area contributed by atoms with Crippen molar-refractivity contribution in [3.05, 3.63) is 59.7 Å². The molecular formula is C42H70O7S2. The molecule has 1 fully saturated rings. The van der Waals surface area contributed by atoms with Crippen molar-refractivity contribution in [2.75, 3.05) is 24.7 Å². The van der Waals surface area contributed by atoms with Crippen LogP contribution in [0.4, 0.5) is 0 Å². The molecule has 0 aromatic heterocycles. The van der Waals surface area contributed by atoms with Gasteiger partial charge in [0.25, 0.3) is 0 Å². The summed E-state index contributed by atoms with van der Waals surface area (Å²) in [6.45, 7) is 16.6. The summed E-state index contributed by atoms with van der Waals surface area (Å²) >= 11 is 0. The van der Waals surface area contributed by atoms with Gasteiger partial charge in [0.1, 0.15) is 23.2 Å². The lowest BCUT2D eigenvalue weighted by Gasteiger charge is -2.23. The predicted octanol–water partition coefficient (Wildman–Crippen LogP) is 10.1. The summed E-state index contributed by atoms with van der Waals surface area (Å²) in [5.41, 5.74) is 2.51. The molecule has 0 saturated carbocycles. The SMILES string of the molecule is CC(C)(C)Oc1ccc(CCCCCCCS(=O)(=O)C(C)(C)C)cc1.CC(C)S(=O)(=O)CCCCCCCc1ccc(OC2CCOCC2)cc1. The Labute approximate surface area is 312 Å². The molecule has 7 nitrogen and oxygen atoms in total. The van der Waals surface area contributed by atoms with Gasteiger partial charge in [-0.15, -0.1) is 0 Å². The summed E-state index contributed by atoms with van der Waals surface area (Å²) in [4.78, 5) is 0. The molecule has 3 rings (SSSR count). The molecule has 0 unspecified atom stereocenters. The van der Waals surface area contributed by atoms with E-state index in [1.54, 1.807) is 34.6 Å². The van der Waals surface area contributed by atoms with Crippen LogP contribution in [0.1, 0.15) is 144 Å². The lowest BCUT2D eigenvalue weighted by atomic mass is 10.1. The van der Waals surface area contributed by atoms with Crippen molar-refractivity contribution in [2.45, 2.75) is 167 Å². The van der Waals surface area contributed by atoms with E-state index >= 15 is 0 Å². The van der Waals surface area contributed by atoms with E-state index in [9.17, 15) is 16.8 Å². The maximum atomic E-state index is 12.0. The molecule has 1 saturated heterocycles. The first kappa shape index (κ1) is 45.1. The lowest BCUT2D eigenvalue weighted by molar-refractivity contribution is 0.0255. The van der Waals surface area contributed by atoms with E-state index in [1.807, 2.05) is 32.9 Å². The molecule has 0 aliphatic carbocycles. The van der Waals surface area contributed by atoms with Crippen LogP contribution in [0.2, 0.25) is 0 Å². The second-order valence-electron chi connectivity index (χ2n) is 16.3. The highest BCUT2D eigenvalue weighted by atomic mass is 32.2. The van der Waals surface area contributed by atoms with Crippen LogP contribution in [-0.2, 0) is 37.3 Å². The average molecular weight is 751 g/mol. The second-order valence-corrected chi connectivity index (χ2v) is 21.9. The largest absolute Gasteiger partial charge is 0.490 e. The summed E-state index contributed by atoms with van der Waals surface area (Å²) in [6.07, 6.45) is 14.7. The molecule has 1 aliphatic heterocycles. The maximum Gasteiger partial charge on any atom is 0.155 e. The summed E-state index contributed by atoms with van der Waals surface area (Å²) in [5.74, 6) is 2.51. The fourth-order valence-electron chi connectivity index (χ4n) is 5.65. The summed E-state index contributed by atoms with van der Waals surface area (Å²) < 4.78 is 64.1. The van der Waals surface area contributed by atoms with Gasteiger partial charge in [0, 0.05) is 12.8 Å². The number of hydrogen-bond acceptors (Lipinski definition) is 7. The predicted molar refractivity (Wildman–Crippen MR) is 214 cm³/mol. The fourth-order valence-corrected chi connectivity index (χ4v) is 7.93. The van der Waals surface area contributed by atoms with Crippen molar-refractivity contribution in [1.82, 2.24) is 0 Å². The van der Waals surface area contributed by atoms with Gasteiger partial charge in [-0.3, -0.25) is 0 Å². The van der Waals surface area contributed by atoms with Gasteiger partial charge in [-0.1, -0.05) is 62.8 Å². The summed E-state index contributed by atoms with van der Waals surface area (Å²) in [6, 6.07) is 16.8. The van der Waals surface area contributed by atoms with E-state index in [0.717, 1.165) is 115 Å². The number of ether oxygens (including phenoxy) is 3. The highest BCUT2D eigenvalue weighted by Crippen LogP contribution is 2.22. The number of unbranched alkanes of at least 4 members (excludes halogenated alkanes) is 8. The molecule has 1 heterocycles. The average Bonchev–Trinajstić information content (AvgIpc) is 3.05. The minimum Gasteiger partial charge on any atom is -0.490 e. The number of sulfone groups is 2. The third-order valence-corrected chi connectivity index (χ3v) is 14.2. The first-order valence-corrected chi connectivity index (χ1v) is 22.8. The standard InChI is InChI=1S/C21H34O4S.C21H36O3S/c1-18(2)26(22,23)17-7-5-3-4-6-8-19-9-11-20(12-10-19)25-21-13-15-24-16-14-21;1-20(2,3)24-19-15-13-18(14-16-19)12-10-8-7-9-11-17-25(22,23)21(4,5)6/h9-12,18,21H,3-8,13-17H2,1-2H3;13-16H,7-12,17H2,1-6H3. The first-order chi connectivity index (χ1) is 23.9. The molecule has 1 aliphatic rings. The Bertz CT molecular complexity index is 1430. The Morgan fingerprint density at radius 1 is 0.627 bits per heavy atom. The summed E-state index contributed by atoms with van der Waals surface area (Å²) in [7, 11) is -5.83. The van der Waals surface area contributed by atoms with Gasteiger partial charge in [0.15, 0.2) is 19.7 Å². The van der Waals surface area contributed by atoms with Crippen LogP contribution in [0, 0.1) is 0 Å². The van der Waals surface area contributed by atoms with Gasteiger partial charge in [-0.2, -0.15) is 0 Å². The molecule has 0 atom stereocenters. The van der Waals surface area contributed by atoms with Crippen LogP contribution >= 0.6 is 0 Å². The minimum absolute atomic E-state index is 0.165. The van der Waals surface area contributed by atoms with Gasteiger partial charge < -0.3 is 14.2 Å². The monoisotopic (exact) mass is 750 g/mol. The molecule has 0 spiro atoms. The molecular weight excluding hydrogens is 681 g/mol. The van der Waals surface area contributed by atoms with Crippen molar-refractivity contribution >= 4 is 19.7 Å². The molecule has 292 valence electrons. The molecule has 9 heteroatoms. The molecule has 0 amide bonds. The Balaban J connectivity index is 0.000000354. The number of benzene rings is 2. The van der Waals surface area contributed by atoms with E-state index in [1.165, 1.54) is 11.1 Å². The molecule has 0 N–H and O–H groups in total. The maximum absolute atomic E-state index is 12.0. The fraction of sp³-hybridized carbons (Fsp3) is 0.714. The Kier molecular flexibility index (Phi) is 19.6. The van der Waals surface area contributed by atoms with Crippen molar-refractivity contribution in [3.63, 3.8) is 0 Å². The third kappa shape index (κ3) is 19.5. The van der Waals surface area contributed by atoms with Crippen LogP contribution in [-0.4, -0.2) is 63.3 Å². The van der Waals surface area contributed by atoms with Gasteiger partial charge in [-0.05, 0) is 129 Å². The van der Waals surface area contributed by atoms with Gasteiger partial charge in [0.2, 0.25) is 0 Å². The molecule has 0 bridgehead atoms. The van der Waals surface area contributed by atoms with Crippen LogP contribution in [0.3, 0.4) is 0 Å². The zero-order chi connectivity index (χ0) is 38.0. The molecule has 2 aromatic rings. The van der Waals surface area contributed by atoms with Crippen molar-refractivity contribution < 1.29 is 31.0 Å². The topological polar surface area (TPSA) is 96.0 Å². The quantitative estimate of drug-likeness (QED) is 0.124. The lowest BCUT2D eigenvalue weighted by Crippen LogP contribution is -2.30. The van der Waals surface area contributed by atoms with Crippen LogP contribution in [0.5, 0.6) is 11.5 Å². The first-order valence-electron chi connectivity index (χ1n) is 19.4. The highest BCUT2D eigenvalue weighted by molar-refractivity contribution is 7.92. The van der Waals surface area contributed by atoms with E-state index in [2.05, 4.69) is 36.4 Å². The van der Waals surface area contributed by atoms with E-state index < -0.39 is 24.4 Å². The Morgan fingerprint density at radius 3 is 1.51 bits per heavy atom.